The fourth-order valence-electron chi connectivity index (χ4n) is 2.18. The standard InChI is InChI=1S/C16H24N2O3/c1-11(2)8-13(10-17)16(21)18-14-5-3-4-12(9-14)6-7-15(19)20/h3-5,9,11,13H,6-8,10,17H2,1-2H3,(H,18,21)(H,19,20). The molecule has 0 saturated carbocycles. The van der Waals surface area contributed by atoms with Crippen LogP contribution in [0, 0.1) is 11.8 Å². The number of anilines is 1. The van der Waals surface area contributed by atoms with Crippen molar-refractivity contribution in [2.45, 2.75) is 33.1 Å². The summed E-state index contributed by atoms with van der Waals surface area (Å²) < 4.78 is 0. The van der Waals surface area contributed by atoms with E-state index in [4.69, 9.17) is 10.8 Å². The van der Waals surface area contributed by atoms with Crippen LogP contribution in [0.4, 0.5) is 5.69 Å². The minimum atomic E-state index is -0.829. The predicted molar refractivity (Wildman–Crippen MR) is 83.0 cm³/mol. The second-order valence-corrected chi connectivity index (χ2v) is 5.65. The molecule has 21 heavy (non-hydrogen) atoms. The quantitative estimate of drug-likeness (QED) is 0.685. The topological polar surface area (TPSA) is 92.4 Å². The molecule has 0 saturated heterocycles. The molecule has 4 N–H and O–H groups in total. The van der Waals surface area contributed by atoms with Crippen molar-refractivity contribution in [1.29, 1.82) is 0 Å². The summed E-state index contributed by atoms with van der Waals surface area (Å²) in [6, 6.07) is 7.27. The van der Waals surface area contributed by atoms with Crippen LogP contribution in [-0.4, -0.2) is 23.5 Å². The molecule has 5 heteroatoms. The Labute approximate surface area is 125 Å². The summed E-state index contributed by atoms with van der Waals surface area (Å²) in [5, 5.41) is 11.6. The molecule has 0 aromatic heterocycles. The van der Waals surface area contributed by atoms with Crippen LogP contribution in [0.5, 0.6) is 0 Å². The number of carbonyl (C=O) groups is 2. The molecule has 1 rings (SSSR count). The van der Waals surface area contributed by atoms with Crippen LogP contribution in [0.2, 0.25) is 0 Å². The smallest absolute Gasteiger partial charge is 0.303 e. The van der Waals surface area contributed by atoms with Crippen LogP contribution in [0.25, 0.3) is 0 Å². The molecule has 0 radical (unpaired) electrons. The lowest BCUT2D eigenvalue weighted by molar-refractivity contribution is -0.137. The Morgan fingerprint density at radius 3 is 2.62 bits per heavy atom. The second-order valence-electron chi connectivity index (χ2n) is 5.65. The third-order valence-corrected chi connectivity index (χ3v) is 3.23. The maximum absolute atomic E-state index is 12.2. The molecule has 116 valence electrons. The van der Waals surface area contributed by atoms with Crippen LogP contribution in [0.1, 0.15) is 32.3 Å². The number of amides is 1. The molecule has 0 fully saturated rings. The van der Waals surface area contributed by atoms with Crippen molar-refractivity contribution in [1.82, 2.24) is 0 Å². The Balaban J connectivity index is 2.66. The molecule has 0 spiro atoms. The third kappa shape index (κ3) is 6.40. The Hall–Kier alpha value is -1.88. The first-order chi connectivity index (χ1) is 9.92. The van der Waals surface area contributed by atoms with Crippen LogP contribution in [0.15, 0.2) is 24.3 Å². The van der Waals surface area contributed by atoms with Gasteiger partial charge in [0.15, 0.2) is 0 Å². The number of aliphatic carboxylic acids is 1. The zero-order valence-electron chi connectivity index (χ0n) is 12.6. The minimum absolute atomic E-state index is 0.0795. The molecule has 0 aliphatic rings. The molecule has 1 unspecified atom stereocenters. The van der Waals surface area contributed by atoms with Gasteiger partial charge in [-0.15, -0.1) is 0 Å². The van der Waals surface area contributed by atoms with Gasteiger partial charge in [0.1, 0.15) is 0 Å². The van der Waals surface area contributed by atoms with E-state index in [9.17, 15) is 9.59 Å². The molecular weight excluding hydrogens is 268 g/mol. The first kappa shape index (κ1) is 17.2. The van der Waals surface area contributed by atoms with Gasteiger partial charge in [-0.25, -0.2) is 0 Å². The number of carboxylic acids is 1. The van der Waals surface area contributed by atoms with Crippen molar-refractivity contribution >= 4 is 17.6 Å². The average Bonchev–Trinajstić information content (AvgIpc) is 2.42. The summed E-state index contributed by atoms with van der Waals surface area (Å²) in [4.78, 5) is 22.8. The molecule has 1 aromatic carbocycles. The highest BCUT2D eigenvalue weighted by Gasteiger charge is 2.18. The van der Waals surface area contributed by atoms with Gasteiger partial charge in [0.2, 0.25) is 5.91 Å². The van der Waals surface area contributed by atoms with E-state index in [2.05, 4.69) is 19.2 Å². The summed E-state index contributed by atoms with van der Waals surface area (Å²) in [6.07, 6.45) is 1.28. The zero-order valence-corrected chi connectivity index (χ0v) is 12.6. The zero-order chi connectivity index (χ0) is 15.8. The molecule has 0 aliphatic carbocycles. The van der Waals surface area contributed by atoms with Crippen molar-refractivity contribution in [2.75, 3.05) is 11.9 Å². The molecule has 1 aromatic rings. The van der Waals surface area contributed by atoms with Crippen molar-refractivity contribution in [3.63, 3.8) is 0 Å². The number of aryl methyl sites for hydroxylation is 1. The molecule has 0 aliphatic heterocycles. The number of hydrogen-bond donors (Lipinski definition) is 3. The number of nitrogens with two attached hydrogens (primary N) is 1. The SMILES string of the molecule is CC(C)CC(CN)C(=O)Nc1cccc(CCC(=O)O)c1. The van der Waals surface area contributed by atoms with E-state index >= 15 is 0 Å². The molecule has 0 bridgehead atoms. The highest BCUT2D eigenvalue weighted by molar-refractivity contribution is 5.92. The normalized spacial score (nSPS) is 12.2. The van der Waals surface area contributed by atoms with Gasteiger partial charge in [-0.05, 0) is 36.5 Å². The Bertz CT molecular complexity index is 486. The maximum atomic E-state index is 12.2. The minimum Gasteiger partial charge on any atom is -0.481 e. The summed E-state index contributed by atoms with van der Waals surface area (Å²) in [7, 11) is 0. The van der Waals surface area contributed by atoms with Crippen LogP contribution in [-0.2, 0) is 16.0 Å². The Kier molecular flexibility index (Phi) is 6.88. The summed E-state index contributed by atoms with van der Waals surface area (Å²) in [6.45, 7) is 4.44. The molecular formula is C16H24N2O3. The van der Waals surface area contributed by atoms with Crippen LogP contribution >= 0.6 is 0 Å². The number of benzene rings is 1. The lowest BCUT2D eigenvalue weighted by atomic mass is 9.96. The molecule has 1 amide bonds. The third-order valence-electron chi connectivity index (χ3n) is 3.23. The monoisotopic (exact) mass is 292 g/mol. The number of carbonyl (C=O) groups excluding carboxylic acids is 1. The largest absolute Gasteiger partial charge is 0.481 e. The summed E-state index contributed by atoms with van der Waals surface area (Å²) in [5.74, 6) is -0.704. The fraction of sp³-hybridized carbons (Fsp3) is 0.500. The van der Waals surface area contributed by atoms with E-state index in [1.807, 2.05) is 18.2 Å². The number of hydrogen-bond acceptors (Lipinski definition) is 3. The Morgan fingerprint density at radius 1 is 1.33 bits per heavy atom. The highest BCUT2D eigenvalue weighted by atomic mass is 16.4. The van der Waals surface area contributed by atoms with Gasteiger partial charge < -0.3 is 16.2 Å². The highest BCUT2D eigenvalue weighted by Crippen LogP contribution is 2.16. The van der Waals surface area contributed by atoms with Gasteiger partial charge in [-0.3, -0.25) is 9.59 Å². The van der Waals surface area contributed by atoms with E-state index in [0.29, 0.717) is 24.6 Å². The molecule has 0 heterocycles. The fourth-order valence-corrected chi connectivity index (χ4v) is 2.18. The van der Waals surface area contributed by atoms with Gasteiger partial charge in [0, 0.05) is 18.7 Å². The van der Waals surface area contributed by atoms with E-state index in [-0.39, 0.29) is 18.2 Å². The lowest BCUT2D eigenvalue weighted by Gasteiger charge is -2.17. The maximum Gasteiger partial charge on any atom is 0.303 e. The van der Waals surface area contributed by atoms with Crippen molar-refractivity contribution < 1.29 is 14.7 Å². The summed E-state index contributed by atoms with van der Waals surface area (Å²) >= 11 is 0. The van der Waals surface area contributed by atoms with Gasteiger partial charge in [0.25, 0.3) is 0 Å². The molecule has 5 nitrogen and oxygen atoms in total. The van der Waals surface area contributed by atoms with E-state index < -0.39 is 5.97 Å². The molecule has 1 atom stereocenters. The van der Waals surface area contributed by atoms with Crippen molar-refractivity contribution in [2.24, 2.45) is 17.6 Å². The number of nitrogens with one attached hydrogen (secondary N) is 1. The van der Waals surface area contributed by atoms with E-state index in [1.54, 1.807) is 6.07 Å². The number of carboxylic acid groups (broad SMARTS) is 1. The van der Waals surface area contributed by atoms with Crippen LogP contribution < -0.4 is 11.1 Å². The van der Waals surface area contributed by atoms with Crippen molar-refractivity contribution in [3.05, 3.63) is 29.8 Å². The summed E-state index contributed by atoms with van der Waals surface area (Å²) in [5.41, 5.74) is 7.24. The van der Waals surface area contributed by atoms with E-state index in [1.165, 1.54) is 0 Å². The van der Waals surface area contributed by atoms with Gasteiger partial charge in [-0.2, -0.15) is 0 Å². The number of rotatable bonds is 8. The van der Waals surface area contributed by atoms with Crippen molar-refractivity contribution in [3.8, 4) is 0 Å². The van der Waals surface area contributed by atoms with Gasteiger partial charge in [-0.1, -0.05) is 26.0 Å². The Morgan fingerprint density at radius 2 is 2.05 bits per heavy atom. The predicted octanol–water partition coefficient (Wildman–Crippen LogP) is 2.26. The first-order valence-electron chi connectivity index (χ1n) is 7.24. The average molecular weight is 292 g/mol. The van der Waals surface area contributed by atoms with Gasteiger partial charge >= 0.3 is 5.97 Å². The first-order valence-corrected chi connectivity index (χ1v) is 7.24. The van der Waals surface area contributed by atoms with E-state index in [0.717, 1.165) is 12.0 Å². The lowest BCUT2D eigenvalue weighted by Crippen LogP contribution is -2.30. The second kappa shape index (κ2) is 8.42. The van der Waals surface area contributed by atoms with Gasteiger partial charge in [0.05, 0.1) is 5.92 Å². The van der Waals surface area contributed by atoms with Crippen LogP contribution in [0.3, 0.4) is 0 Å².